The Hall–Kier alpha value is -2.70. The number of aryl methyl sites for hydroxylation is 2. The lowest BCUT2D eigenvalue weighted by molar-refractivity contribution is -0.115. The zero-order chi connectivity index (χ0) is 20.8. The molecule has 0 aliphatic heterocycles. The number of nitrogens with zero attached hydrogens (tertiary/aromatic N) is 3. The van der Waals surface area contributed by atoms with E-state index < -0.39 is 0 Å². The fraction of sp³-hybridized carbons (Fsp3) is 0.304. The van der Waals surface area contributed by atoms with Crippen molar-refractivity contribution in [1.29, 1.82) is 0 Å². The predicted octanol–water partition coefficient (Wildman–Crippen LogP) is 4.96. The number of anilines is 2. The van der Waals surface area contributed by atoms with Gasteiger partial charge in [-0.05, 0) is 45.2 Å². The molecule has 6 heteroatoms. The van der Waals surface area contributed by atoms with Crippen molar-refractivity contribution in [3.05, 3.63) is 70.7 Å². The molecule has 1 heterocycles. The number of aromatic nitrogens is 1. The summed E-state index contributed by atoms with van der Waals surface area (Å²) >= 11 is 1.49. The molecule has 0 atom stereocenters. The molecule has 0 aliphatic carbocycles. The van der Waals surface area contributed by atoms with Crippen molar-refractivity contribution in [2.24, 2.45) is 0 Å². The van der Waals surface area contributed by atoms with Crippen LogP contribution in [0.25, 0.3) is 0 Å². The van der Waals surface area contributed by atoms with Gasteiger partial charge in [0, 0.05) is 25.4 Å². The van der Waals surface area contributed by atoms with E-state index in [-0.39, 0.29) is 5.91 Å². The van der Waals surface area contributed by atoms with E-state index in [0.717, 1.165) is 29.2 Å². The van der Waals surface area contributed by atoms with Crippen molar-refractivity contribution in [3.8, 4) is 5.75 Å². The summed E-state index contributed by atoms with van der Waals surface area (Å²) in [6.45, 7) is 7.75. The van der Waals surface area contributed by atoms with Crippen LogP contribution < -0.4 is 9.64 Å². The van der Waals surface area contributed by atoms with Crippen molar-refractivity contribution in [1.82, 2.24) is 9.88 Å². The molecular weight excluding hydrogens is 382 g/mol. The molecule has 0 spiro atoms. The minimum atomic E-state index is -0.0467. The summed E-state index contributed by atoms with van der Waals surface area (Å²) in [6, 6.07) is 16.0. The Labute approximate surface area is 176 Å². The molecule has 1 aromatic heterocycles. The van der Waals surface area contributed by atoms with Gasteiger partial charge >= 0.3 is 0 Å². The highest BCUT2D eigenvalue weighted by Crippen LogP contribution is 2.29. The number of hydrogen-bond donors (Lipinski definition) is 0. The number of carbonyl (C=O) groups is 1. The van der Waals surface area contributed by atoms with E-state index in [9.17, 15) is 4.79 Å². The fourth-order valence-electron chi connectivity index (χ4n) is 2.90. The van der Waals surface area contributed by atoms with E-state index in [2.05, 4.69) is 16.8 Å². The van der Waals surface area contributed by atoms with Crippen molar-refractivity contribution in [3.63, 3.8) is 0 Å². The van der Waals surface area contributed by atoms with Crippen LogP contribution in [-0.2, 0) is 11.3 Å². The third-order valence-electron chi connectivity index (χ3n) is 4.53. The molecule has 0 aliphatic rings. The zero-order valence-corrected chi connectivity index (χ0v) is 18.2. The van der Waals surface area contributed by atoms with Crippen LogP contribution in [-0.4, -0.2) is 36.0 Å². The average molecular weight is 410 g/mol. The van der Waals surface area contributed by atoms with Crippen LogP contribution in [0.5, 0.6) is 5.75 Å². The summed E-state index contributed by atoms with van der Waals surface area (Å²) in [5, 5.41) is 2.71. The topological polar surface area (TPSA) is 45.7 Å². The normalized spacial score (nSPS) is 10.9. The first kappa shape index (κ1) is 21.0. The van der Waals surface area contributed by atoms with Crippen LogP contribution in [0.1, 0.15) is 23.7 Å². The fourth-order valence-corrected chi connectivity index (χ4v) is 3.78. The molecule has 3 aromatic rings. The minimum absolute atomic E-state index is 0.0467. The van der Waals surface area contributed by atoms with Crippen LogP contribution in [0.4, 0.5) is 10.8 Å². The first-order valence-corrected chi connectivity index (χ1v) is 10.5. The number of rotatable bonds is 8. The number of thiazole rings is 1. The van der Waals surface area contributed by atoms with E-state index in [0.29, 0.717) is 18.3 Å². The average Bonchev–Trinajstić information content (AvgIpc) is 3.12. The van der Waals surface area contributed by atoms with E-state index in [1.165, 1.54) is 16.9 Å². The summed E-state index contributed by atoms with van der Waals surface area (Å²) in [5.74, 6) is 0.838. The molecule has 0 fully saturated rings. The molecule has 3 rings (SSSR count). The molecule has 152 valence electrons. The van der Waals surface area contributed by atoms with E-state index in [1.807, 2.05) is 67.9 Å². The molecule has 1 amide bonds. The highest BCUT2D eigenvalue weighted by Gasteiger charge is 2.18. The lowest BCUT2D eigenvalue weighted by Gasteiger charge is -2.18. The minimum Gasteiger partial charge on any atom is -0.492 e. The zero-order valence-electron chi connectivity index (χ0n) is 17.4. The molecule has 0 saturated heterocycles. The van der Waals surface area contributed by atoms with Crippen LogP contribution in [0.15, 0.2) is 53.9 Å². The number of likely N-dealkylation sites (N-methyl/N-ethyl adjacent to an activating group) is 1. The van der Waals surface area contributed by atoms with Crippen LogP contribution in [0.3, 0.4) is 0 Å². The Balaban J connectivity index is 1.57. The molecule has 29 heavy (non-hydrogen) atoms. The smallest absolute Gasteiger partial charge is 0.230 e. The summed E-state index contributed by atoms with van der Waals surface area (Å²) in [4.78, 5) is 20.7. The standard InChI is InChI=1S/C23H27N3O2S/c1-17-5-9-21(10-6-17)26(19(3)27)23-24-20(16-29-23)15-25(4)13-14-28-22-11-7-18(2)8-12-22/h5-12,16H,13-15H2,1-4H3. The van der Waals surface area contributed by atoms with Gasteiger partial charge in [0.15, 0.2) is 5.13 Å². The van der Waals surface area contributed by atoms with Gasteiger partial charge in [-0.1, -0.05) is 35.4 Å². The highest BCUT2D eigenvalue weighted by atomic mass is 32.1. The maximum Gasteiger partial charge on any atom is 0.230 e. The third kappa shape index (κ3) is 5.89. The quantitative estimate of drug-likeness (QED) is 0.528. The molecule has 2 aromatic carbocycles. The van der Waals surface area contributed by atoms with Crippen LogP contribution in [0, 0.1) is 13.8 Å². The lowest BCUT2D eigenvalue weighted by atomic mass is 10.2. The summed E-state index contributed by atoms with van der Waals surface area (Å²) < 4.78 is 5.80. The van der Waals surface area contributed by atoms with Crippen LogP contribution >= 0.6 is 11.3 Å². The van der Waals surface area contributed by atoms with Gasteiger partial charge in [0.1, 0.15) is 12.4 Å². The number of hydrogen-bond acceptors (Lipinski definition) is 5. The Morgan fingerprint density at radius 3 is 2.28 bits per heavy atom. The second-order valence-corrected chi connectivity index (χ2v) is 8.05. The first-order valence-electron chi connectivity index (χ1n) is 9.62. The van der Waals surface area contributed by atoms with Crippen molar-refractivity contribution < 1.29 is 9.53 Å². The lowest BCUT2D eigenvalue weighted by Crippen LogP contribution is -2.25. The van der Waals surface area contributed by atoms with Crippen molar-refractivity contribution >= 4 is 28.1 Å². The summed E-state index contributed by atoms with van der Waals surface area (Å²) in [6.07, 6.45) is 0. The predicted molar refractivity (Wildman–Crippen MR) is 119 cm³/mol. The second-order valence-electron chi connectivity index (χ2n) is 7.21. The Kier molecular flexibility index (Phi) is 7.01. The largest absolute Gasteiger partial charge is 0.492 e. The monoisotopic (exact) mass is 409 g/mol. The van der Waals surface area contributed by atoms with Crippen molar-refractivity contribution in [2.75, 3.05) is 25.1 Å². The maximum absolute atomic E-state index is 12.2. The Morgan fingerprint density at radius 2 is 1.66 bits per heavy atom. The van der Waals surface area contributed by atoms with Gasteiger partial charge in [-0.2, -0.15) is 0 Å². The van der Waals surface area contributed by atoms with Gasteiger partial charge in [-0.3, -0.25) is 14.6 Å². The van der Waals surface area contributed by atoms with E-state index >= 15 is 0 Å². The molecule has 0 bridgehead atoms. The molecule has 0 radical (unpaired) electrons. The van der Waals surface area contributed by atoms with Gasteiger partial charge in [0.05, 0.1) is 11.4 Å². The van der Waals surface area contributed by atoms with Crippen molar-refractivity contribution in [2.45, 2.75) is 27.3 Å². The van der Waals surface area contributed by atoms with Gasteiger partial charge in [0.25, 0.3) is 0 Å². The van der Waals surface area contributed by atoms with Crippen LogP contribution in [0.2, 0.25) is 0 Å². The summed E-state index contributed by atoms with van der Waals surface area (Å²) in [5.41, 5.74) is 4.16. The first-order chi connectivity index (χ1) is 13.9. The van der Waals surface area contributed by atoms with Gasteiger partial charge in [-0.15, -0.1) is 11.3 Å². The molecule has 5 nitrogen and oxygen atoms in total. The van der Waals surface area contributed by atoms with E-state index in [1.54, 1.807) is 11.8 Å². The number of amides is 1. The van der Waals surface area contributed by atoms with Gasteiger partial charge in [-0.25, -0.2) is 4.98 Å². The molecule has 0 saturated carbocycles. The molecular formula is C23H27N3O2S. The molecule has 0 N–H and O–H groups in total. The van der Waals surface area contributed by atoms with E-state index in [4.69, 9.17) is 4.74 Å². The van der Waals surface area contributed by atoms with Gasteiger partial charge in [0.2, 0.25) is 5.91 Å². The third-order valence-corrected chi connectivity index (χ3v) is 5.41. The second kappa shape index (κ2) is 9.67. The summed E-state index contributed by atoms with van der Waals surface area (Å²) in [7, 11) is 2.04. The number of carbonyl (C=O) groups excluding carboxylic acids is 1. The maximum atomic E-state index is 12.2. The Morgan fingerprint density at radius 1 is 1.03 bits per heavy atom. The number of benzene rings is 2. The highest BCUT2D eigenvalue weighted by molar-refractivity contribution is 7.14. The van der Waals surface area contributed by atoms with Gasteiger partial charge < -0.3 is 4.74 Å². The Bertz CT molecular complexity index is 936. The number of ether oxygens (including phenoxy) is 1. The SMILES string of the molecule is CC(=O)N(c1ccc(C)cc1)c1nc(CN(C)CCOc2ccc(C)cc2)cs1. The molecule has 0 unspecified atom stereocenters.